The van der Waals surface area contributed by atoms with Crippen LogP contribution < -0.4 is 19.9 Å². The number of rotatable bonds is 9. The summed E-state index contributed by atoms with van der Waals surface area (Å²) in [5, 5.41) is 4.07. The Morgan fingerprint density at radius 1 is 1.02 bits per heavy atom. The summed E-state index contributed by atoms with van der Waals surface area (Å²) in [7, 11) is -3.75. The van der Waals surface area contributed by atoms with Gasteiger partial charge in [-0.3, -0.25) is 14.4 Å². The van der Waals surface area contributed by atoms with E-state index in [1.165, 1.54) is 15.9 Å². The normalized spacial score (nSPS) is 18.0. The standard InChI is InChI=1S/C30H33F2N3O6S/c1-5-18(2)28(37)33-27-19(3)35(26(36)17-42(4,39)40)24-13-9-8-12-23(24)34(29(27)38)16-22-21-11-7-6-10-20(21)14-15-25(22)41-30(31)32/h6-15,18-19,27,30H,5,16-17H2,1-4H3,(H,33,37)/t18-,19+,27+/m1/s1. The molecular weight excluding hydrogens is 568 g/mol. The number of sulfone groups is 1. The van der Waals surface area contributed by atoms with Gasteiger partial charge in [-0.1, -0.05) is 56.3 Å². The molecule has 224 valence electrons. The molecule has 3 atom stereocenters. The molecule has 42 heavy (non-hydrogen) atoms. The number of fused-ring (bicyclic) bond motifs is 2. The molecule has 1 aliphatic rings. The van der Waals surface area contributed by atoms with Gasteiger partial charge in [-0.05, 0) is 42.3 Å². The molecule has 0 unspecified atom stereocenters. The number of hydrogen-bond donors (Lipinski definition) is 1. The van der Waals surface area contributed by atoms with Gasteiger partial charge in [0.2, 0.25) is 11.8 Å². The van der Waals surface area contributed by atoms with Crippen molar-refractivity contribution in [3.05, 3.63) is 66.2 Å². The summed E-state index contributed by atoms with van der Waals surface area (Å²) in [6.45, 7) is 1.71. The molecule has 0 saturated carbocycles. The van der Waals surface area contributed by atoms with Crippen molar-refractivity contribution in [2.24, 2.45) is 5.92 Å². The third-order valence-corrected chi connectivity index (χ3v) is 8.17. The average molecular weight is 602 g/mol. The minimum Gasteiger partial charge on any atom is -0.434 e. The molecule has 0 spiro atoms. The maximum Gasteiger partial charge on any atom is 0.387 e. The van der Waals surface area contributed by atoms with Crippen molar-refractivity contribution >= 4 is 49.7 Å². The summed E-state index contributed by atoms with van der Waals surface area (Å²) in [5.41, 5.74) is 0.781. The van der Waals surface area contributed by atoms with Gasteiger partial charge in [0.25, 0.3) is 5.91 Å². The highest BCUT2D eigenvalue weighted by atomic mass is 32.2. The van der Waals surface area contributed by atoms with Crippen LogP contribution in [0.3, 0.4) is 0 Å². The quantitative estimate of drug-likeness (QED) is 0.392. The summed E-state index contributed by atoms with van der Waals surface area (Å²) >= 11 is 0. The van der Waals surface area contributed by atoms with Gasteiger partial charge in [0.15, 0.2) is 9.84 Å². The van der Waals surface area contributed by atoms with Crippen molar-refractivity contribution in [2.75, 3.05) is 21.8 Å². The Morgan fingerprint density at radius 3 is 2.31 bits per heavy atom. The number of amides is 3. The number of benzene rings is 3. The number of alkyl halides is 2. The maximum atomic E-state index is 14.4. The Bertz CT molecular complexity index is 1610. The van der Waals surface area contributed by atoms with Gasteiger partial charge in [0.1, 0.15) is 17.5 Å². The molecule has 0 fully saturated rings. The number of nitrogens with one attached hydrogen (secondary N) is 1. The van der Waals surface area contributed by atoms with Gasteiger partial charge in [-0.2, -0.15) is 8.78 Å². The molecule has 1 N–H and O–H groups in total. The Balaban J connectivity index is 1.92. The van der Waals surface area contributed by atoms with Gasteiger partial charge < -0.3 is 19.9 Å². The lowest BCUT2D eigenvalue weighted by Gasteiger charge is -2.32. The van der Waals surface area contributed by atoms with E-state index in [1.54, 1.807) is 68.4 Å². The monoisotopic (exact) mass is 601 g/mol. The number of ether oxygens (including phenoxy) is 1. The van der Waals surface area contributed by atoms with Crippen molar-refractivity contribution in [3.63, 3.8) is 0 Å². The lowest BCUT2D eigenvalue weighted by atomic mass is 10.0. The Hall–Kier alpha value is -4.06. The fourth-order valence-electron chi connectivity index (χ4n) is 5.08. The molecule has 4 rings (SSSR count). The van der Waals surface area contributed by atoms with Crippen molar-refractivity contribution in [1.29, 1.82) is 0 Å². The van der Waals surface area contributed by atoms with E-state index in [0.29, 0.717) is 17.4 Å². The highest BCUT2D eigenvalue weighted by molar-refractivity contribution is 7.91. The van der Waals surface area contributed by atoms with E-state index in [4.69, 9.17) is 4.74 Å². The molecule has 1 heterocycles. The predicted molar refractivity (Wildman–Crippen MR) is 156 cm³/mol. The SMILES string of the molecule is CC[C@@H](C)C(=O)N[C@@H]1C(=O)N(Cc2c(OC(F)F)ccc3ccccc23)c2ccccc2N(C(=O)CS(C)(=O)=O)[C@H]1C. The Morgan fingerprint density at radius 2 is 1.67 bits per heavy atom. The second kappa shape index (κ2) is 12.4. The van der Waals surface area contributed by atoms with Gasteiger partial charge in [0.05, 0.1) is 24.0 Å². The summed E-state index contributed by atoms with van der Waals surface area (Å²) < 4.78 is 56.0. The maximum absolute atomic E-state index is 14.4. The van der Waals surface area contributed by atoms with E-state index in [1.807, 2.05) is 6.92 Å². The van der Waals surface area contributed by atoms with E-state index < -0.39 is 57.9 Å². The van der Waals surface area contributed by atoms with Crippen LogP contribution in [0, 0.1) is 5.92 Å². The van der Waals surface area contributed by atoms with Crippen molar-refractivity contribution in [2.45, 2.75) is 52.4 Å². The van der Waals surface area contributed by atoms with Crippen molar-refractivity contribution in [1.82, 2.24) is 5.32 Å². The van der Waals surface area contributed by atoms with Crippen LogP contribution in [0.25, 0.3) is 10.8 Å². The third-order valence-electron chi connectivity index (χ3n) is 7.40. The number of nitrogens with zero attached hydrogens (tertiary/aromatic N) is 2. The molecule has 3 aromatic rings. The fraction of sp³-hybridized carbons (Fsp3) is 0.367. The molecule has 0 aromatic heterocycles. The first-order chi connectivity index (χ1) is 19.8. The van der Waals surface area contributed by atoms with Crippen LogP contribution in [0.15, 0.2) is 60.7 Å². The number of hydrogen-bond acceptors (Lipinski definition) is 6. The van der Waals surface area contributed by atoms with Gasteiger partial charge in [0, 0.05) is 17.7 Å². The van der Waals surface area contributed by atoms with Crippen LogP contribution in [-0.2, 0) is 30.8 Å². The number of carbonyl (C=O) groups is 3. The third kappa shape index (κ3) is 6.53. The van der Waals surface area contributed by atoms with Crippen LogP contribution in [0.4, 0.5) is 20.2 Å². The zero-order chi connectivity index (χ0) is 30.8. The largest absolute Gasteiger partial charge is 0.434 e. The van der Waals surface area contributed by atoms with Crippen molar-refractivity contribution in [3.8, 4) is 5.75 Å². The minimum atomic E-state index is -3.75. The van der Waals surface area contributed by atoms with Crippen LogP contribution in [0.2, 0.25) is 0 Å². The predicted octanol–water partition coefficient (Wildman–Crippen LogP) is 4.29. The van der Waals surface area contributed by atoms with E-state index in [2.05, 4.69) is 5.32 Å². The van der Waals surface area contributed by atoms with Crippen LogP contribution in [0.5, 0.6) is 5.75 Å². The Kier molecular flexibility index (Phi) is 9.15. The van der Waals surface area contributed by atoms with Gasteiger partial charge in [-0.25, -0.2) is 8.42 Å². The fourth-order valence-corrected chi connectivity index (χ4v) is 5.67. The first-order valence-electron chi connectivity index (χ1n) is 13.5. The highest BCUT2D eigenvalue weighted by Crippen LogP contribution is 2.39. The highest BCUT2D eigenvalue weighted by Gasteiger charge is 2.43. The lowest BCUT2D eigenvalue weighted by molar-refractivity contribution is -0.130. The first kappa shape index (κ1) is 30.9. The first-order valence-corrected chi connectivity index (χ1v) is 15.5. The summed E-state index contributed by atoms with van der Waals surface area (Å²) in [6, 6.07) is 14.3. The number of anilines is 2. The van der Waals surface area contributed by atoms with E-state index >= 15 is 0 Å². The van der Waals surface area contributed by atoms with Gasteiger partial charge >= 0.3 is 6.61 Å². The molecule has 0 radical (unpaired) electrons. The molecule has 1 aliphatic heterocycles. The zero-order valence-corrected chi connectivity index (χ0v) is 24.5. The second-order valence-electron chi connectivity index (χ2n) is 10.4. The molecule has 12 heteroatoms. The van der Waals surface area contributed by atoms with E-state index in [-0.39, 0.29) is 23.7 Å². The zero-order valence-electron chi connectivity index (χ0n) is 23.7. The molecule has 0 aliphatic carbocycles. The van der Waals surface area contributed by atoms with E-state index in [0.717, 1.165) is 11.6 Å². The number of halogens is 2. The summed E-state index contributed by atoms with van der Waals surface area (Å²) in [6.07, 6.45) is 1.43. The molecule has 3 aromatic carbocycles. The average Bonchev–Trinajstić information content (AvgIpc) is 3.01. The molecule has 3 amide bonds. The topological polar surface area (TPSA) is 113 Å². The smallest absolute Gasteiger partial charge is 0.387 e. The van der Waals surface area contributed by atoms with Crippen LogP contribution >= 0.6 is 0 Å². The van der Waals surface area contributed by atoms with Crippen LogP contribution in [-0.4, -0.2) is 56.8 Å². The second-order valence-corrected chi connectivity index (χ2v) is 12.6. The van der Waals surface area contributed by atoms with Gasteiger partial charge in [-0.15, -0.1) is 0 Å². The summed E-state index contributed by atoms with van der Waals surface area (Å²) in [5.74, 6) is -3.19. The number of para-hydroxylation sites is 2. The summed E-state index contributed by atoms with van der Waals surface area (Å²) in [4.78, 5) is 43.4. The Labute approximate surface area is 243 Å². The number of carbonyl (C=O) groups excluding carboxylic acids is 3. The molecule has 0 bridgehead atoms. The molecular formula is C30H33F2N3O6S. The van der Waals surface area contributed by atoms with E-state index in [9.17, 15) is 31.6 Å². The lowest BCUT2D eigenvalue weighted by Crippen LogP contribution is -2.59. The van der Waals surface area contributed by atoms with Crippen LogP contribution in [0.1, 0.15) is 32.8 Å². The minimum absolute atomic E-state index is 0.128. The van der Waals surface area contributed by atoms with Crippen molar-refractivity contribution < 1.29 is 36.3 Å². The molecule has 0 saturated heterocycles. The molecule has 9 nitrogen and oxygen atoms in total.